The Bertz CT molecular complexity index is 342. The maximum atomic E-state index is 5.71. The molecule has 0 bridgehead atoms. The molecule has 2 unspecified atom stereocenters. The first-order chi connectivity index (χ1) is 7.43. The van der Waals surface area contributed by atoms with Gasteiger partial charge in [0.15, 0.2) is 0 Å². The SMILES string of the molecule is c1ccc(C2CCO2)c(OCC2CO2)c1. The number of epoxide rings is 1. The van der Waals surface area contributed by atoms with Crippen molar-refractivity contribution in [3.8, 4) is 5.75 Å². The average molecular weight is 206 g/mol. The smallest absolute Gasteiger partial charge is 0.125 e. The Morgan fingerprint density at radius 2 is 2.07 bits per heavy atom. The summed E-state index contributed by atoms with van der Waals surface area (Å²) in [5.41, 5.74) is 1.17. The molecule has 2 fully saturated rings. The second-order valence-electron chi connectivity index (χ2n) is 3.95. The van der Waals surface area contributed by atoms with Crippen LogP contribution in [-0.2, 0) is 9.47 Å². The zero-order chi connectivity index (χ0) is 10.1. The van der Waals surface area contributed by atoms with E-state index in [0.717, 1.165) is 25.4 Å². The van der Waals surface area contributed by atoms with Crippen molar-refractivity contribution in [1.29, 1.82) is 0 Å². The van der Waals surface area contributed by atoms with Crippen LogP contribution in [0.2, 0.25) is 0 Å². The average Bonchev–Trinajstić information content (AvgIpc) is 2.97. The van der Waals surface area contributed by atoms with Crippen LogP contribution in [0.5, 0.6) is 5.75 Å². The molecule has 0 aliphatic carbocycles. The highest BCUT2D eigenvalue weighted by Gasteiger charge is 2.26. The van der Waals surface area contributed by atoms with Crippen molar-refractivity contribution in [1.82, 2.24) is 0 Å². The second-order valence-corrected chi connectivity index (χ2v) is 3.95. The van der Waals surface area contributed by atoms with Crippen LogP contribution < -0.4 is 4.74 Å². The van der Waals surface area contributed by atoms with E-state index in [0.29, 0.717) is 12.7 Å². The van der Waals surface area contributed by atoms with E-state index in [1.165, 1.54) is 5.56 Å². The fraction of sp³-hybridized carbons (Fsp3) is 0.500. The van der Waals surface area contributed by atoms with E-state index >= 15 is 0 Å². The zero-order valence-electron chi connectivity index (χ0n) is 8.52. The Morgan fingerprint density at radius 1 is 1.27 bits per heavy atom. The molecule has 3 nitrogen and oxygen atoms in total. The fourth-order valence-corrected chi connectivity index (χ4v) is 1.71. The lowest BCUT2D eigenvalue weighted by Crippen LogP contribution is -2.19. The van der Waals surface area contributed by atoms with Crippen molar-refractivity contribution in [3.05, 3.63) is 29.8 Å². The number of hydrogen-bond donors (Lipinski definition) is 0. The van der Waals surface area contributed by atoms with Crippen LogP contribution in [0.4, 0.5) is 0 Å². The van der Waals surface area contributed by atoms with E-state index in [-0.39, 0.29) is 6.10 Å². The molecule has 0 spiro atoms. The van der Waals surface area contributed by atoms with E-state index in [4.69, 9.17) is 14.2 Å². The largest absolute Gasteiger partial charge is 0.490 e. The van der Waals surface area contributed by atoms with Crippen LogP contribution in [-0.4, -0.2) is 25.9 Å². The summed E-state index contributed by atoms with van der Waals surface area (Å²) in [7, 11) is 0. The first kappa shape index (κ1) is 9.19. The van der Waals surface area contributed by atoms with E-state index < -0.39 is 0 Å². The first-order valence-electron chi connectivity index (χ1n) is 5.38. The lowest BCUT2D eigenvalue weighted by molar-refractivity contribution is -0.0540. The molecule has 3 rings (SSSR count). The molecule has 2 aliphatic heterocycles. The summed E-state index contributed by atoms with van der Waals surface area (Å²) in [5, 5.41) is 0. The topological polar surface area (TPSA) is 31.0 Å². The van der Waals surface area contributed by atoms with Gasteiger partial charge in [-0.3, -0.25) is 0 Å². The summed E-state index contributed by atoms with van der Waals surface area (Å²) in [4.78, 5) is 0. The highest BCUT2D eigenvalue weighted by molar-refractivity contribution is 5.35. The lowest BCUT2D eigenvalue weighted by atomic mass is 10.0. The Labute approximate surface area is 89.0 Å². The molecule has 0 aromatic heterocycles. The van der Waals surface area contributed by atoms with Crippen molar-refractivity contribution in [3.63, 3.8) is 0 Å². The van der Waals surface area contributed by atoms with Crippen LogP contribution in [0, 0.1) is 0 Å². The molecule has 3 heteroatoms. The Morgan fingerprint density at radius 3 is 2.73 bits per heavy atom. The quantitative estimate of drug-likeness (QED) is 0.705. The summed E-state index contributed by atoms with van der Waals surface area (Å²) < 4.78 is 16.3. The minimum absolute atomic E-state index is 0.237. The minimum Gasteiger partial charge on any atom is -0.490 e. The molecule has 80 valence electrons. The van der Waals surface area contributed by atoms with Gasteiger partial charge in [-0.1, -0.05) is 18.2 Å². The number of benzene rings is 1. The molecular weight excluding hydrogens is 192 g/mol. The third kappa shape index (κ3) is 1.98. The van der Waals surface area contributed by atoms with Crippen LogP contribution in [0.15, 0.2) is 24.3 Å². The number of hydrogen-bond acceptors (Lipinski definition) is 3. The van der Waals surface area contributed by atoms with Gasteiger partial charge in [-0.25, -0.2) is 0 Å². The lowest BCUT2D eigenvalue weighted by Gasteiger charge is -2.28. The highest BCUT2D eigenvalue weighted by Crippen LogP contribution is 2.35. The monoisotopic (exact) mass is 206 g/mol. The normalized spacial score (nSPS) is 28.3. The Balaban J connectivity index is 1.72. The molecule has 0 radical (unpaired) electrons. The van der Waals surface area contributed by atoms with Gasteiger partial charge in [-0.2, -0.15) is 0 Å². The van der Waals surface area contributed by atoms with E-state index in [1.54, 1.807) is 0 Å². The van der Waals surface area contributed by atoms with Crippen LogP contribution in [0.3, 0.4) is 0 Å². The molecule has 2 heterocycles. The van der Waals surface area contributed by atoms with E-state index in [9.17, 15) is 0 Å². The fourth-order valence-electron chi connectivity index (χ4n) is 1.71. The molecular formula is C12H14O3. The summed E-state index contributed by atoms with van der Waals surface area (Å²) in [6.45, 7) is 2.36. The summed E-state index contributed by atoms with van der Waals surface area (Å²) in [6, 6.07) is 8.09. The van der Waals surface area contributed by atoms with Crippen LogP contribution >= 0.6 is 0 Å². The molecule has 1 aromatic rings. The van der Waals surface area contributed by atoms with Crippen molar-refractivity contribution in [2.75, 3.05) is 19.8 Å². The van der Waals surface area contributed by atoms with Gasteiger partial charge in [-0.05, 0) is 6.07 Å². The van der Waals surface area contributed by atoms with Gasteiger partial charge in [-0.15, -0.1) is 0 Å². The molecule has 15 heavy (non-hydrogen) atoms. The third-order valence-electron chi connectivity index (χ3n) is 2.79. The highest BCUT2D eigenvalue weighted by atomic mass is 16.6. The first-order valence-corrected chi connectivity index (χ1v) is 5.38. The van der Waals surface area contributed by atoms with Gasteiger partial charge in [0.05, 0.1) is 19.3 Å². The molecule has 0 saturated carbocycles. The molecule has 1 aromatic carbocycles. The van der Waals surface area contributed by atoms with Crippen molar-refractivity contribution in [2.24, 2.45) is 0 Å². The molecule has 0 amide bonds. The van der Waals surface area contributed by atoms with Gasteiger partial charge in [0.2, 0.25) is 0 Å². The molecule has 2 saturated heterocycles. The molecule has 0 N–H and O–H groups in total. The second kappa shape index (κ2) is 3.83. The van der Waals surface area contributed by atoms with Gasteiger partial charge >= 0.3 is 0 Å². The number of para-hydroxylation sites is 1. The van der Waals surface area contributed by atoms with E-state index in [1.807, 2.05) is 18.2 Å². The molecule has 2 atom stereocenters. The van der Waals surface area contributed by atoms with Crippen molar-refractivity contribution < 1.29 is 14.2 Å². The molecule has 2 aliphatic rings. The maximum Gasteiger partial charge on any atom is 0.125 e. The predicted molar refractivity (Wildman–Crippen MR) is 55.0 cm³/mol. The summed E-state index contributed by atoms with van der Waals surface area (Å²) in [5.74, 6) is 0.942. The Hall–Kier alpha value is -1.06. The Kier molecular flexibility index (Phi) is 2.35. The van der Waals surface area contributed by atoms with Gasteiger partial charge in [0, 0.05) is 12.0 Å². The van der Waals surface area contributed by atoms with E-state index in [2.05, 4.69) is 6.07 Å². The summed E-state index contributed by atoms with van der Waals surface area (Å²) >= 11 is 0. The van der Waals surface area contributed by atoms with Gasteiger partial charge in [0.25, 0.3) is 0 Å². The standard InChI is InChI=1S/C12H14O3/c1-2-4-11(15-8-9-7-14-9)10(3-1)12-5-6-13-12/h1-4,9,12H,5-8H2. The number of rotatable bonds is 4. The third-order valence-corrected chi connectivity index (χ3v) is 2.79. The van der Waals surface area contributed by atoms with Crippen LogP contribution in [0.25, 0.3) is 0 Å². The number of ether oxygens (including phenoxy) is 3. The minimum atomic E-state index is 0.237. The van der Waals surface area contributed by atoms with Crippen LogP contribution in [0.1, 0.15) is 18.1 Å². The zero-order valence-corrected chi connectivity index (χ0v) is 8.52. The van der Waals surface area contributed by atoms with Crippen molar-refractivity contribution >= 4 is 0 Å². The van der Waals surface area contributed by atoms with Gasteiger partial charge < -0.3 is 14.2 Å². The predicted octanol–water partition coefficient (Wildman–Crippen LogP) is 1.93. The maximum absolute atomic E-state index is 5.71. The summed E-state index contributed by atoms with van der Waals surface area (Å²) in [6.07, 6.45) is 1.64. The van der Waals surface area contributed by atoms with Crippen molar-refractivity contribution in [2.45, 2.75) is 18.6 Å². The van der Waals surface area contributed by atoms with Gasteiger partial charge in [0.1, 0.15) is 18.5 Å².